The Morgan fingerprint density at radius 1 is 1.29 bits per heavy atom. The van der Waals surface area contributed by atoms with Gasteiger partial charge in [-0.25, -0.2) is 0 Å². The lowest BCUT2D eigenvalue weighted by molar-refractivity contribution is -0.127. The third-order valence-electron chi connectivity index (χ3n) is 4.20. The van der Waals surface area contributed by atoms with E-state index in [0.29, 0.717) is 6.04 Å². The highest BCUT2D eigenvalue weighted by atomic mass is 16.5. The fourth-order valence-corrected chi connectivity index (χ4v) is 2.73. The standard InChI is InChI=1S/C17H24N2O2/c1-12-5-4-6-13(11-19-14-8-9-14)16(12)21-15-7-2-3-10-18-17(15)20/h4-6,14-15,19H,2-3,7-11H2,1H3,(H,18,20). The second-order valence-corrected chi connectivity index (χ2v) is 6.11. The summed E-state index contributed by atoms with van der Waals surface area (Å²) in [6.07, 6.45) is 5.06. The van der Waals surface area contributed by atoms with E-state index in [2.05, 4.69) is 22.8 Å². The maximum absolute atomic E-state index is 12.1. The molecule has 0 radical (unpaired) electrons. The molecule has 1 aromatic carbocycles. The topological polar surface area (TPSA) is 50.4 Å². The minimum atomic E-state index is -0.353. The number of aryl methyl sites for hydroxylation is 1. The Labute approximate surface area is 126 Å². The summed E-state index contributed by atoms with van der Waals surface area (Å²) in [5, 5.41) is 6.46. The lowest BCUT2D eigenvalue weighted by Gasteiger charge is -2.20. The fraction of sp³-hybridized carbons (Fsp3) is 0.588. The molecule has 2 aliphatic rings. The molecule has 1 unspecified atom stereocenters. The molecule has 1 aliphatic carbocycles. The van der Waals surface area contributed by atoms with Crippen molar-refractivity contribution >= 4 is 5.91 Å². The number of hydrogen-bond acceptors (Lipinski definition) is 3. The summed E-state index contributed by atoms with van der Waals surface area (Å²) in [4.78, 5) is 12.1. The van der Waals surface area contributed by atoms with E-state index in [1.165, 1.54) is 12.8 Å². The fourth-order valence-electron chi connectivity index (χ4n) is 2.73. The number of rotatable bonds is 5. The third-order valence-corrected chi connectivity index (χ3v) is 4.20. The minimum Gasteiger partial charge on any atom is -0.480 e. The Hall–Kier alpha value is -1.55. The van der Waals surface area contributed by atoms with Crippen molar-refractivity contribution in [2.24, 2.45) is 0 Å². The van der Waals surface area contributed by atoms with Gasteiger partial charge in [0.2, 0.25) is 0 Å². The predicted molar refractivity (Wildman–Crippen MR) is 82.3 cm³/mol. The number of amides is 1. The number of para-hydroxylation sites is 1. The molecule has 0 bridgehead atoms. The van der Waals surface area contributed by atoms with E-state index in [1.54, 1.807) is 0 Å². The van der Waals surface area contributed by atoms with Crippen molar-refractivity contribution in [2.45, 2.75) is 57.7 Å². The molecule has 2 N–H and O–H groups in total. The summed E-state index contributed by atoms with van der Waals surface area (Å²) in [5.74, 6) is 0.907. The van der Waals surface area contributed by atoms with Crippen LogP contribution in [0.5, 0.6) is 5.75 Å². The summed E-state index contributed by atoms with van der Waals surface area (Å²) in [6, 6.07) is 6.86. The van der Waals surface area contributed by atoms with E-state index in [9.17, 15) is 4.79 Å². The average molecular weight is 288 g/mol. The number of carbonyl (C=O) groups is 1. The molecule has 4 heteroatoms. The third kappa shape index (κ3) is 3.76. The summed E-state index contributed by atoms with van der Waals surface area (Å²) in [5.41, 5.74) is 2.25. The Kier molecular flexibility index (Phi) is 4.44. The van der Waals surface area contributed by atoms with E-state index in [1.807, 2.05) is 13.0 Å². The Balaban J connectivity index is 1.73. The molecule has 1 amide bonds. The van der Waals surface area contributed by atoms with Crippen molar-refractivity contribution < 1.29 is 9.53 Å². The number of carbonyl (C=O) groups excluding carboxylic acids is 1. The highest BCUT2D eigenvalue weighted by Crippen LogP contribution is 2.27. The van der Waals surface area contributed by atoms with Gasteiger partial charge in [-0.1, -0.05) is 18.2 Å². The Morgan fingerprint density at radius 2 is 2.14 bits per heavy atom. The lowest BCUT2D eigenvalue weighted by Crippen LogP contribution is -2.37. The van der Waals surface area contributed by atoms with Crippen LogP contribution in [0.2, 0.25) is 0 Å². The smallest absolute Gasteiger partial charge is 0.261 e. The maximum atomic E-state index is 12.1. The van der Waals surface area contributed by atoms with Crippen molar-refractivity contribution in [1.82, 2.24) is 10.6 Å². The molecular weight excluding hydrogens is 264 g/mol. The normalized spacial score (nSPS) is 22.5. The predicted octanol–water partition coefficient (Wildman–Crippen LogP) is 2.29. The zero-order valence-corrected chi connectivity index (χ0v) is 12.7. The second kappa shape index (κ2) is 6.48. The van der Waals surface area contributed by atoms with Gasteiger partial charge >= 0.3 is 0 Å². The van der Waals surface area contributed by atoms with E-state index in [-0.39, 0.29) is 12.0 Å². The van der Waals surface area contributed by atoms with E-state index in [4.69, 9.17) is 4.74 Å². The van der Waals surface area contributed by atoms with Crippen LogP contribution in [0.1, 0.15) is 43.2 Å². The van der Waals surface area contributed by atoms with Crippen LogP contribution in [0.15, 0.2) is 18.2 Å². The van der Waals surface area contributed by atoms with Gasteiger partial charge in [-0.05, 0) is 44.6 Å². The van der Waals surface area contributed by atoms with Crippen molar-refractivity contribution in [1.29, 1.82) is 0 Å². The van der Waals surface area contributed by atoms with E-state index in [0.717, 1.165) is 49.2 Å². The summed E-state index contributed by atoms with van der Waals surface area (Å²) in [6.45, 7) is 3.63. The SMILES string of the molecule is Cc1cccc(CNC2CC2)c1OC1CCCCNC1=O. The molecule has 1 heterocycles. The molecule has 1 saturated carbocycles. The zero-order valence-electron chi connectivity index (χ0n) is 12.7. The maximum Gasteiger partial charge on any atom is 0.261 e. The molecule has 1 aromatic rings. The first-order chi connectivity index (χ1) is 10.2. The van der Waals surface area contributed by atoms with Gasteiger partial charge in [0.05, 0.1) is 0 Å². The van der Waals surface area contributed by atoms with Gasteiger partial charge in [-0.2, -0.15) is 0 Å². The van der Waals surface area contributed by atoms with Crippen LogP contribution >= 0.6 is 0 Å². The lowest BCUT2D eigenvalue weighted by atomic mass is 10.1. The molecule has 1 atom stereocenters. The first-order valence-electron chi connectivity index (χ1n) is 8.00. The molecule has 0 spiro atoms. The van der Waals surface area contributed by atoms with Crippen LogP contribution in [-0.2, 0) is 11.3 Å². The van der Waals surface area contributed by atoms with E-state index >= 15 is 0 Å². The van der Waals surface area contributed by atoms with Crippen molar-refractivity contribution in [3.63, 3.8) is 0 Å². The molecule has 1 saturated heterocycles. The highest BCUT2D eigenvalue weighted by molar-refractivity contribution is 5.81. The van der Waals surface area contributed by atoms with Gasteiger partial charge in [-0.3, -0.25) is 4.79 Å². The molecule has 3 rings (SSSR count). The van der Waals surface area contributed by atoms with Crippen LogP contribution in [0.25, 0.3) is 0 Å². The molecule has 4 nitrogen and oxygen atoms in total. The van der Waals surface area contributed by atoms with Crippen LogP contribution in [0.3, 0.4) is 0 Å². The molecule has 0 aromatic heterocycles. The monoisotopic (exact) mass is 288 g/mol. The van der Waals surface area contributed by atoms with Gasteiger partial charge < -0.3 is 15.4 Å². The molecule has 21 heavy (non-hydrogen) atoms. The highest BCUT2D eigenvalue weighted by Gasteiger charge is 2.25. The van der Waals surface area contributed by atoms with Crippen molar-refractivity contribution in [3.8, 4) is 5.75 Å². The van der Waals surface area contributed by atoms with Crippen LogP contribution < -0.4 is 15.4 Å². The van der Waals surface area contributed by atoms with Gasteiger partial charge in [-0.15, -0.1) is 0 Å². The average Bonchev–Trinajstić information content (AvgIpc) is 3.29. The summed E-state index contributed by atoms with van der Waals surface area (Å²) in [7, 11) is 0. The van der Waals surface area contributed by atoms with Gasteiger partial charge in [0.25, 0.3) is 5.91 Å². The van der Waals surface area contributed by atoms with E-state index < -0.39 is 0 Å². The van der Waals surface area contributed by atoms with Gasteiger partial charge in [0, 0.05) is 24.7 Å². The molecule has 114 valence electrons. The first kappa shape index (κ1) is 14.4. The van der Waals surface area contributed by atoms with Crippen LogP contribution in [0.4, 0.5) is 0 Å². The first-order valence-corrected chi connectivity index (χ1v) is 8.00. The number of hydrogen-bond donors (Lipinski definition) is 2. The van der Waals surface area contributed by atoms with Crippen molar-refractivity contribution in [2.75, 3.05) is 6.54 Å². The molecule has 2 fully saturated rings. The summed E-state index contributed by atoms with van der Waals surface area (Å²) < 4.78 is 6.11. The van der Waals surface area contributed by atoms with Gasteiger partial charge in [0.15, 0.2) is 6.10 Å². The van der Waals surface area contributed by atoms with Crippen molar-refractivity contribution in [3.05, 3.63) is 29.3 Å². The molecule has 1 aliphatic heterocycles. The largest absolute Gasteiger partial charge is 0.480 e. The Morgan fingerprint density at radius 3 is 2.95 bits per heavy atom. The number of nitrogens with one attached hydrogen (secondary N) is 2. The Bertz CT molecular complexity index is 512. The summed E-state index contributed by atoms with van der Waals surface area (Å²) >= 11 is 0. The zero-order chi connectivity index (χ0) is 14.7. The second-order valence-electron chi connectivity index (χ2n) is 6.11. The minimum absolute atomic E-state index is 0.0249. The number of benzene rings is 1. The van der Waals surface area contributed by atoms with Gasteiger partial charge in [0.1, 0.15) is 5.75 Å². The molecular formula is C17H24N2O2. The van der Waals surface area contributed by atoms with Crippen LogP contribution in [0, 0.1) is 6.92 Å². The van der Waals surface area contributed by atoms with Crippen LogP contribution in [-0.4, -0.2) is 24.6 Å². The number of ether oxygens (including phenoxy) is 1. The quantitative estimate of drug-likeness (QED) is 0.874.